The van der Waals surface area contributed by atoms with Gasteiger partial charge in [-0.3, -0.25) is 0 Å². The molecule has 0 N–H and O–H groups in total. The van der Waals surface area contributed by atoms with E-state index in [1.165, 1.54) is 19.3 Å². The molecule has 0 aliphatic heterocycles. The molecule has 0 heterocycles. The summed E-state index contributed by atoms with van der Waals surface area (Å²) in [6.07, 6.45) is 13.4. The summed E-state index contributed by atoms with van der Waals surface area (Å²) in [6, 6.07) is 0. The Morgan fingerprint density at radius 3 is 1.23 bits per heavy atom. The molecule has 2 rings (SSSR count). The van der Waals surface area contributed by atoms with Crippen LogP contribution < -0.4 is 0 Å². The normalized spacial score (nSPS) is 22.6. The molecule has 152 valence electrons. The predicted octanol–water partition coefficient (Wildman–Crippen LogP) is 9.06. The Hall–Kier alpha value is 1.00. The van der Waals surface area contributed by atoms with Crippen molar-refractivity contribution in [2.75, 3.05) is 0 Å². The van der Waals surface area contributed by atoms with Gasteiger partial charge in [-0.25, -0.2) is 7.05 Å². The zero-order valence-electron chi connectivity index (χ0n) is 18.2. The van der Waals surface area contributed by atoms with Crippen LogP contribution in [0, 0.1) is 11.8 Å². The van der Waals surface area contributed by atoms with Crippen LogP contribution in [0.25, 0.3) is 5.16 Å². The molecule has 2 atom stereocenters. The van der Waals surface area contributed by atoms with Gasteiger partial charge in [0, 0.05) is 0 Å². The van der Waals surface area contributed by atoms with E-state index in [4.69, 9.17) is 18.6 Å². The van der Waals surface area contributed by atoms with Crippen LogP contribution in [0.4, 0.5) is 0 Å². The van der Waals surface area contributed by atoms with Gasteiger partial charge >= 0.3 is 35.6 Å². The van der Waals surface area contributed by atoms with Crippen LogP contribution >= 0.6 is 25.7 Å². The molecule has 0 bridgehead atoms. The number of nitrogens with zero attached hydrogens (tertiary/aromatic N) is 1. The van der Waals surface area contributed by atoms with Crippen molar-refractivity contribution in [3.63, 3.8) is 0 Å². The summed E-state index contributed by atoms with van der Waals surface area (Å²) < 4.78 is 0. The predicted molar refractivity (Wildman–Crippen MR) is 120 cm³/mol. The van der Waals surface area contributed by atoms with Gasteiger partial charge in [0.25, 0.3) is 0 Å². The van der Waals surface area contributed by atoms with Gasteiger partial charge < -0.3 is 5.16 Å². The number of rotatable bonds is 0. The third-order valence-corrected chi connectivity index (χ3v) is 11.2. The summed E-state index contributed by atoms with van der Waals surface area (Å²) in [5, 5.41) is 11.1. The van der Waals surface area contributed by atoms with E-state index in [9.17, 15) is 5.16 Å². The van der Waals surface area contributed by atoms with E-state index in [2.05, 4.69) is 86.6 Å². The van der Waals surface area contributed by atoms with Crippen molar-refractivity contribution < 1.29 is 17.0 Å². The van der Waals surface area contributed by atoms with Gasteiger partial charge in [-0.05, 0) is 40.1 Å². The minimum atomic E-state index is -2.02. The number of halogens is 2. The summed E-state index contributed by atoms with van der Waals surface area (Å²) >= 11 is -0.556. The summed E-state index contributed by atoms with van der Waals surface area (Å²) in [4.78, 5) is 0. The molecule has 0 aromatic rings. The second-order valence-corrected chi connectivity index (χ2v) is 18.1. The van der Waals surface area contributed by atoms with Crippen molar-refractivity contribution in [1.82, 2.24) is 0 Å². The second-order valence-electron chi connectivity index (χ2n) is 10.2. The number of fused-ring (bicyclic) bond motifs is 1. The topological polar surface area (TPSA) is 22.3 Å². The molecule has 1 fully saturated rings. The molecular formula is C21H39Cl2NPTi-. The van der Waals surface area contributed by atoms with Crippen LogP contribution in [0.15, 0.2) is 24.3 Å². The van der Waals surface area contributed by atoms with Gasteiger partial charge in [0.05, 0.1) is 0 Å². The van der Waals surface area contributed by atoms with Crippen molar-refractivity contribution >= 4 is 25.7 Å². The van der Waals surface area contributed by atoms with E-state index in [1.54, 1.807) is 0 Å². The Balaban J connectivity index is 0.000000440. The molecule has 0 aromatic carbocycles. The van der Waals surface area contributed by atoms with Crippen molar-refractivity contribution in [3.05, 3.63) is 29.5 Å². The summed E-state index contributed by atoms with van der Waals surface area (Å²) in [7, 11) is 7.76. The molecule has 1 saturated carbocycles. The maximum atomic E-state index is 11.1. The van der Waals surface area contributed by atoms with Crippen LogP contribution in [0.2, 0.25) is 0 Å². The summed E-state index contributed by atoms with van der Waals surface area (Å²) in [6.45, 7) is 19.5. The molecule has 0 spiro atoms. The van der Waals surface area contributed by atoms with Crippen LogP contribution in [-0.2, 0) is 17.0 Å². The fourth-order valence-corrected chi connectivity index (χ4v) is 11.0. The monoisotopic (exact) mass is 454 g/mol. The molecule has 0 amide bonds. The van der Waals surface area contributed by atoms with Gasteiger partial charge in [0.15, 0.2) is 0 Å². The molecule has 5 heteroatoms. The molecule has 2 aliphatic rings. The Morgan fingerprint density at radius 1 is 0.769 bits per heavy atom. The van der Waals surface area contributed by atoms with Gasteiger partial charge in [-0.2, -0.15) is 0 Å². The van der Waals surface area contributed by atoms with E-state index in [0.717, 1.165) is 11.8 Å². The molecule has 0 aromatic heterocycles. The first-order valence-corrected chi connectivity index (χ1v) is 15.6. The zero-order valence-corrected chi connectivity index (χ0v) is 22.2. The van der Waals surface area contributed by atoms with E-state index in [1.807, 2.05) is 0 Å². The summed E-state index contributed by atoms with van der Waals surface area (Å²) in [5.74, 6) is 1.80. The standard InChI is InChI=1S/C12H27NP.C9H12.2ClH.Ti/c1-10(2,3)14(13,11(4,5)6)12(7,8)9;1-2-5-9-7-3-6-8(9)4-1;;;/h1-9H3;1-2,4-5,8-9H,3,6-7H2;2*1H;/q-1;;;;+2/p-2. The Labute approximate surface area is 180 Å². The van der Waals surface area contributed by atoms with Crippen molar-refractivity contribution in [2.24, 2.45) is 11.8 Å². The third kappa shape index (κ3) is 7.11. The van der Waals surface area contributed by atoms with Gasteiger partial charge in [0.2, 0.25) is 0 Å². The van der Waals surface area contributed by atoms with Crippen LogP contribution in [0.1, 0.15) is 81.6 Å². The van der Waals surface area contributed by atoms with Gasteiger partial charge in [-0.15, -0.1) is 0 Å². The number of allylic oxidation sites excluding steroid dienone is 4. The number of hydrogen-bond donors (Lipinski definition) is 0. The third-order valence-electron chi connectivity index (χ3n) is 5.37. The fraction of sp³-hybridized carbons (Fsp3) is 0.810. The van der Waals surface area contributed by atoms with Crippen LogP contribution in [-0.4, -0.2) is 15.5 Å². The average molecular weight is 455 g/mol. The Kier molecular flexibility index (Phi) is 11.1. The molecule has 0 radical (unpaired) electrons. The maximum absolute atomic E-state index is 11.1. The summed E-state index contributed by atoms with van der Waals surface area (Å²) in [5.41, 5.74) is 0. The Morgan fingerprint density at radius 2 is 1.04 bits per heavy atom. The van der Waals surface area contributed by atoms with E-state index in [0.29, 0.717) is 0 Å². The molecule has 2 unspecified atom stereocenters. The first-order valence-electron chi connectivity index (χ1n) is 9.57. The van der Waals surface area contributed by atoms with E-state index >= 15 is 0 Å². The Bertz CT molecular complexity index is 461. The average Bonchev–Trinajstić information content (AvgIpc) is 2.92. The second kappa shape index (κ2) is 10.7. The molecule has 26 heavy (non-hydrogen) atoms. The van der Waals surface area contributed by atoms with Crippen molar-refractivity contribution in [1.29, 1.82) is 0 Å². The van der Waals surface area contributed by atoms with Gasteiger partial charge in [0.1, 0.15) is 0 Å². The van der Waals surface area contributed by atoms with Gasteiger partial charge in [-0.1, -0.05) is 93.0 Å². The molecule has 2 aliphatic carbocycles. The molecule has 0 saturated heterocycles. The van der Waals surface area contributed by atoms with Crippen LogP contribution in [0.5, 0.6) is 0 Å². The van der Waals surface area contributed by atoms with E-state index < -0.39 is 24.1 Å². The van der Waals surface area contributed by atoms with Crippen molar-refractivity contribution in [2.45, 2.75) is 97.0 Å². The first-order chi connectivity index (χ1) is 11.6. The zero-order chi connectivity index (χ0) is 20.8. The number of hydrogen-bond acceptors (Lipinski definition) is 0. The SMILES string of the molecule is C1=CC2CCCC2C=C1.CC(C)(C)P(=[N-])(C(C)(C)C)C(C)(C)C.[Cl][Ti][Cl]. The molecule has 1 nitrogen and oxygen atoms in total. The molecular weight excluding hydrogens is 416 g/mol. The quantitative estimate of drug-likeness (QED) is 0.257. The fourth-order valence-electron chi connectivity index (χ4n) is 4.93. The minimum absolute atomic E-state index is 0.0104. The first kappa shape index (κ1) is 27.0. The van der Waals surface area contributed by atoms with E-state index in [-0.39, 0.29) is 15.5 Å². The van der Waals surface area contributed by atoms with Crippen molar-refractivity contribution in [3.8, 4) is 0 Å². The van der Waals surface area contributed by atoms with Crippen LogP contribution in [0.3, 0.4) is 0 Å².